The highest BCUT2D eigenvalue weighted by Crippen LogP contribution is 2.14. The van der Waals surface area contributed by atoms with Crippen LogP contribution in [0.3, 0.4) is 0 Å². The fourth-order valence-corrected chi connectivity index (χ4v) is 2.54. The number of hydrogen-bond acceptors (Lipinski definition) is 4. The first-order valence-corrected chi connectivity index (χ1v) is 8.83. The number of nitrogens with one attached hydrogen (secondary N) is 1. The fraction of sp³-hybridized carbons (Fsp3) is 0.0455. The van der Waals surface area contributed by atoms with E-state index in [1.807, 2.05) is 0 Å². The standard InChI is InChI=1S/C22H16ClNO4/c23-18-10-6-16(7-11-18)21(26)24-19-12-8-17(9-13-19)22(27)28-14-20(25)15-4-2-1-3-5-15/h1-13H,14H2,(H,24,26). The molecule has 0 aliphatic heterocycles. The summed E-state index contributed by atoms with van der Waals surface area (Å²) >= 11 is 5.81. The van der Waals surface area contributed by atoms with Gasteiger partial charge >= 0.3 is 5.97 Å². The topological polar surface area (TPSA) is 72.5 Å². The molecule has 0 saturated heterocycles. The third-order valence-corrected chi connectivity index (χ3v) is 4.17. The van der Waals surface area contributed by atoms with Crippen molar-refractivity contribution in [2.45, 2.75) is 0 Å². The van der Waals surface area contributed by atoms with Crippen LogP contribution < -0.4 is 5.32 Å². The number of Topliss-reactive ketones (excluding diaryl/α,β-unsaturated/α-hetero) is 1. The first kappa shape index (κ1) is 19.3. The van der Waals surface area contributed by atoms with Crippen LogP contribution in [0.2, 0.25) is 5.02 Å². The first-order chi connectivity index (χ1) is 13.5. The van der Waals surface area contributed by atoms with Crippen LogP contribution in [0.15, 0.2) is 78.9 Å². The summed E-state index contributed by atoms with van der Waals surface area (Å²) in [5, 5.41) is 3.27. The summed E-state index contributed by atoms with van der Waals surface area (Å²) < 4.78 is 5.06. The van der Waals surface area contributed by atoms with Crippen molar-refractivity contribution in [1.29, 1.82) is 0 Å². The Balaban J connectivity index is 1.56. The van der Waals surface area contributed by atoms with E-state index in [1.54, 1.807) is 66.7 Å². The van der Waals surface area contributed by atoms with Crippen LogP contribution in [0, 0.1) is 0 Å². The molecular weight excluding hydrogens is 378 g/mol. The number of hydrogen-bond donors (Lipinski definition) is 1. The van der Waals surface area contributed by atoms with Crippen molar-refractivity contribution >= 4 is 34.9 Å². The molecule has 5 nitrogen and oxygen atoms in total. The van der Waals surface area contributed by atoms with Crippen LogP contribution in [0.1, 0.15) is 31.1 Å². The molecule has 0 radical (unpaired) electrons. The van der Waals surface area contributed by atoms with Gasteiger partial charge in [0.15, 0.2) is 12.4 Å². The van der Waals surface area contributed by atoms with Crippen LogP contribution in [-0.2, 0) is 4.74 Å². The molecule has 0 heterocycles. The van der Waals surface area contributed by atoms with Gasteiger partial charge in [-0.05, 0) is 48.5 Å². The van der Waals surface area contributed by atoms with E-state index in [-0.39, 0.29) is 23.9 Å². The van der Waals surface area contributed by atoms with Gasteiger partial charge in [0.1, 0.15) is 0 Å². The number of amides is 1. The number of carbonyl (C=O) groups is 3. The van der Waals surface area contributed by atoms with E-state index in [9.17, 15) is 14.4 Å². The van der Waals surface area contributed by atoms with E-state index in [0.717, 1.165) is 0 Å². The highest BCUT2D eigenvalue weighted by Gasteiger charge is 2.12. The maximum atomic E-state index is 12.2. The molecule has 0 aliphatic carbocycles. The molecule has 0 aliphatic rings. The Labute approximate surface area is 166 Å². The third kappa shape index (κ3) is 5.05. The van der Waals surface area contributed by atoms with Crippen LogP contribution in [0.4, 0.5) is 5.69 Å². The van der Waals surface area contributed by atoms with Crippen LogP contribution in [0.25, 0.3) is 0 Å². The molecule has 6 heteroatoms. The molecule has 0 aromatic heterocycles. The third-order valence-electron chi connectivity index (χ3n) is 3.92. The number of ketones is 1. The molecule has 0 bridgehead atoms. The Hall–Kier alpha value is -3.44. The van der Waals surface area contributed by atoms with Gasteiger partial charge in [-0.1, -0.05) is 41.9 Å². The minimum atomic E-state index is -0.611. The van der Waals surface area contributed by atoms with Crippen LogP contribution in [-0.4, -0.2) is 24.3 Å². The summed E-state index contributed by atoms with van der Waals surface area (Å²) in [5.74, 6) is -1.18. The zero-order valence-corrected chi connectivity index (χ0v) is 15.5. The Morgan fingerprint density at radius 1 is 0.750 bits per heavy atom. The quantitative estimate of drug-likeness (QED) is 0.489. The second kappa shape index (κ2) is 8.97. The molecule has 3 aromatic carbocycles. The average Bonchev–Trinajstić information content (AvgIpc) is 2.73. The van der Waals surface area contributed by atoms with E-state index in [0.29, 0.717) is 21.8 Å². The number of benzene rings is 3. The summed E-state index contributed by atoms with van der Waals surface area (Å²) in [6.45, 7) is -0.335. The van der Waals surface area contributed by atoms with Crippen LogP contribution in [0.5, 0.6) is 0 Å². The molecule has 0 atom stereocenters. The Bertz CT molecular complexity index is 983. The average molecular weight is 394 g/mol. The molecule has 0 unspecified atom stereocenters. The minimum Gasteiger partial charge on any atom is -0.454 e. The first-order valence-electron chi connectivity index (χ1n) is 8.45. The van der Waals surface area contributed by atoms with Gasteiger partial charge in [-0.2, -0.15) is 0 Å². The molecule has 28 heavy (non-hydrogen) atoms. The van der Waals surface area contributed by atoms with Gasteiger partial charge in [-0.25, -0.2) is 4.79 Å². The lowest BCUT2D eigenvalue weighted by Crippen LogP contribution is -2.14. The Morgan fingerprint density at radius 2 is 1.36 bits per heavy atom. The molecular formula is C22H16ClNO4. The second-order valence-corrected chi connectivity index (χ2v) is 6.34. The smallest absolute Gasteiger partial charge is 0.338 e. The maximum Gasteiger partial charge on any atom is 0.338 e. The zero-order chi connectivity index (χ0) is 19.9. The predicted molar refractivity (Wildman–Crippen MR) is 107 cm³/mol. The SMILES string of the molecule is O=C(COC(=O)c1ccc(NC(=O)c2ccc(Cl)cc2)cc1)c1ccccc1. The normalized spacial score (nSPS) is 10.2. The molecule has 140 valence electrons. The van der Waals surface area contributed by atoms with E-state index < -0.39 is 5.97 Å². The van der Waals surface area contributed by atoms with E-state index in [2.05, 4.69) is 5.32 Å². The largest absolute Gasteiger partial charge is 0.454 e. The fourth-order valence-electron chi connectivity index (χ4n) is 2.42. The van der Waals surface area contributed by atoms with Crippen LogP contribution >= 0.6 is 11.6 Å². The van der Waals surface area contributed by atoms with E-state index in [4.69, 9.17) is 16.3 Å². The lowest BCUT2D eigenvalue weighted by atomic mass is 10.1. The number of anilines is 1. The molecule has 0 spiro atoms. The predicted octanol–water partition coefficient (Wildman–Crippen LogP) is 4.63. The molecule has 3 aromatic rings. The lowest BCUT2D eigenvalue weighted by molar-refractivity contribution is 0.0475. The number of esters is 1. The molecule has 0 saturated carbocycles. The second-order valence-electron chi connectivity index (χ2n) is 5.90. The summed E-state index contributed by atoms with van der Waals surface area (Å²) in [5.41, 5.74) is 1.75. The van der Waals surface area contributed by atoms with E-state index in [1.165, 1.54) is 12.1 Å². The molecule has 3 rings (SSSR count). The monoisotopic (exact) mass is 393 g/mol. The summed E-state index contributed by atoms with van der Waals surface area (Å²) in [6, 6.07) is 21.3. The van der Waals surface area contributed by atoms with Crippen molar-refractivity contribution in [2.24, 2.45) is 0 Å². The molecule has 1 N–H and O–H groups in total. The Morgan fingerprint density at radius 3 is 2.00 bits per heavy atom. The minimum absolute atomic E-state index is 0.277. The van der Waals surface area contributed by atoms with Gasteiger partial charge < -0.3 is 10.1 Å². The van der Waals surface area contributed by atoms with E-state index >= 15 is 0 Å². The van der Waals surface area contributed by atoms with Gasteiger partial charge in [0.25, 0.3) is 5.91 Å². The highest BCUT2D eigenvalue weighted by atomic mass is 35.5. The van der Waals surface area contributed by atoms with Crippen molar-refractivity contribution in [3.05, 3.63) is 101 Å². The highest BCUT2D eigenvalue weighted by molar-refractivity contribution is 6.30. The van der Waals surface area contributed by atoms with Crippen molar-refractivity contribution in [3.63, 3.8) is 0 Å². The number of rotatable bonds is 6. The van der Waals surface area contributed by atoms with Gasteiger partial charge in [-0.3, -0.25) is 9.59 Å². The lowest BCUT2D eigenvalue weighted by Gasteiger charge is -2.07. The van der Waals surface area contributed by atoms with Gasteiger partial charge in [-0.15, -0.1) is 0 Å². The van der Waals surface area contributed by atoms with Gasteiger partial charge in [0.05, 0.1) is 5.56 Å². The van der Waals surface area contributed by atoms with Crippen molar-refractivity contribution in [3.8, 4) is 0 Å². The number of ether oxygens (including phenoxy) is 1. The maximum absolute atomic E-state index is 12.2. The van der Waals surface area contributed by atoms with Crippen molar-refractivity contribution in [2.75, 3.05) is 11.9 Å². The molecule has 0 fully saturated rings. The van der Waals surface area contributed by atoms with Gasteiger partial charge in [0, 0.05) is 21.8 Å². The number of carbonyl (C=O) groups excluding carboxylic acids is 3. The summed E-state index contributed by atoms with van der Waals surface area (Å²) in [7, 11) is 0. The Kier molecular flexibility index (Phi) is 6.19. The summed E-state index contributed by atoms with van der Waals surface area (Å²) in [4.78, 5) is 36.2. The molecule has 1 amide bonds. The zero-order valence-electron chi connectivity index (χ0n) is 14.7. The van der Waals surface area contributed by atoms with Crippen molar-refractivity contribution in [1.82, 2.24) is 0 Å². The number of halogens is 1. The summed E-state index contributed by atoms with van der Waals surface area (Å²) in [6.07, 6.45) is 0. The van der Waals surface area contributed by atoms with Crippen molar-refractivity contribution < 1.29 is 19.1 Å². The van der Waals surface area contributed by atoms with Gasteiger partial charge in [0.2, 0.25) is 0 Å².